The van der Waals surface area contributed by atoms with Crippen molar-refractivity contribution in [2.24, 2.45) is 0 Å². The number of nitrogens with one attached hydrogen (secondary N) is 1. The highest BCUT2D eigenvalue weighted by molar-refractivity contribution is 7.99. The van der Waals surface area contributed by atoms with Gasteiger partial charge in [0.15, 0.2) is 0 Å². The Morgan fingerprint density at radius 3 is 2.40 bits per heavy atom. The topological polar surface area (TPSA) is 63.8 Å². The van der Waals surface area contributed by atoms with Gasteiger partial charge >= 0.3 is 0 Å². The minimum Gasteiger partial charge on any atom is -0.384 e. The first-order valence-corrected chi connectivity index (χ1v) is 8.61. The summed E-state index contributed by atoms with van der Waals surface area (Å²) in [5.41, 5.74) is 5.83. The van der Waals surface area contributed by atoms with E-state index in [1.165, 1.54) is 25.7 Å². The standard InChI is InChI=1S/C15H26N4S/c1-15(2,3)14-18-12(16)9-13(19-14)17-10-5-7-11(20-4)8-6-10/h9-11H,5-8H2,1-4H3,(H3,16,17,18,19). The van der Waals surface area contributed by atoms with Gasteiger partial charge in [-0.15, -0.1) is 0 Å². The number of hydrogen-bond acceptors (Lipinski definition) is 5. The van der Waals surface area contributed by atoms with E-state index in [9.17, 15) is 0 Å². The largest absolute Gasteiger partial charge is 0.384 e. The minimum atomic E-state index is -0.0810. The molecule has 0 unspecified atom stereocenters. The lowest BCUT2D eigenvalue weighted by Gasteiger charge is -2.28. The van der Waals surface area contributed by atoms with Crippen molar-refractivity contribution >= 4 is 23.4 Å². The first-order chi connectivity index (χ1) is 9.38. The molecule has 1 aromatic heterocycles. The molecule has 0 spiro atoms. The lowest BCUT2D eigenvalue weighted by atomic mass is 9.94. The molecule has 0 atom stereocenters. The summed E-state index contributed by atoms with van der Waals surface area (Å²) in [6, 6.07) is 2.36. The van der Waals surface area contributed by atoms with E-state index in [1.54, 1.807) is 0 Å². The molecule has 1 fully saturated rings. The van der Waals surface area contributed by atoms with Crippen molar-refractivity contribution in [3.05, 3.63) is 11.9 Å². The summed E-state index contributed by atoms with van der Waals surface area (Å²) in [6.07, 6.45) is 7.19. The van der Waals surface area contributed by atoms with Crippen LogP contribution in [-0.4, -0.2) is 27.5 Å². The third kappa shape index (κ3) is 4.01. The molecule has 3 N–H and O–H groups in total. The Morgan fingerprint density at radius 2 is 1.85 bits per heavy atom. The molecule has 1 saturated carbocycles. The minimum absolute atomic E-state index is 0.0810. The van der Waals surface area contributed by atoms with Gasteiger partial charge in [0.2, 0.25) is 0 Å². The Hall–Kier alpha value is -0.970. The van der Waals surface area contributed by atoms with Crippen LogP contribution in [0.4, 0.5) is 11.6 Å². The fourth-order valence-electron chi connectivity index (χ4n) is 2.53. The van der Waals surface area contributed by atoms with E-state index in [0.717, 1.165) is 16.9 Å². The first kappa shape index (κ1) is 15.4. The summed E-state index contributed by atoms with van der Waals surface area (Å²) >= 11 is 1.99. The van der Waals surface area contributed by atoms with Crippen molar-refractivity contribution in [2.75, 3.05) is 17.3 Å². The van der Waals surface area contributed by atoms with Crippen molar-refractivity contribution in [1.29, 1.82) is 0 Å². The molecule has 4 nitrogen and oxygen atoms in total. The normalized spacial score (nSPS) is 23.6. The number of thioether (sulfide) groups is 1. The second-order valence-electron chi connectivity index (χ2n) is 6.61. The average molecular weight is 294 g/mol. The second kappa shape index (κ2) is 6.20. The number of rotatable bonds is 3. The number of nitrogens with two attached hydrogens (primary N) is 1. The molecular weight excluding hydrogens is 268 g/mol. The SMILES string of the molecule is CSC1CCC(Nc2cc(N)nc(C(C)(C)C)n2)CC1. The van der Waals surface area contributed by atoms with Gasteiger partial charge in [-0.1, -0.05) is 20.8 Å². The van der Waals surface area contributed by atoms with Crippen LogP contribution in [0.5, 0.6) is 0 Å². The molecule has 1 aromatic rings. The molecule has 0 saturated heterocycles. The molecule has 112 valence electrons. The maximum Gasteiger partial charge on any atom is 0.138 e. The molecule has 0 amide bonds. The van der Waals surface area contributed by atoms with E-state index in [0.29, 0.717) is 11.9 Å². The quantitative estimate of drug-likeness (QED) is 0.894. The van der Waals surface area contributed by atoms with Crippen molar-refractivity contribution in [2.45, 2.75) is 63.2 Å². The Labute approximate surface area is 126 Å². The summed E-state index contributed by atoms with van der Waals surface area (Å²) in [6.45, 7) is 6.32. The monoisotopic (exact) mass is 294 g/mol. The summed E-state index contributed by atoms with van der Waals surface area (Å²) in [5.74, 6) is 2.22. The molecule has 0 radical (unpaired) electrons. The van der Waals surface area contributed by atoms with E-state index in [4.69, 9.17) is 5.73 Å². The molecule has 1 aliphatic carbocycles. The zero-order chi connectivity index (χ0) is 14.8. The molecule has 2 rings (SSSR count). The summed E-state index contributed by atoms with van der Waals surface area (Å²) in [4.78, 5) is 8.98. The number of hydrogen-bond donors (Lipinski definition) is 2. The van der Waals surface area contributed by atoms with Crippen LogP contribution in [0.1, 0.15) is 52.3 Å². The van der Waals surface area contributed by atoms with Crippen molar-refractivity contribution in [1.82, 2.24) is 9.97 Å². The van der Waals surface area contributed by atoms with E-state index in [2.05, 4.69) is 42.3 Å². The predicted octanol–water partition coefficient (Wildman–Crippen LogP) is 3.44. The fraction of sp³-hybridized carbons (Fsp3) is 0.733. The van der Waals surface area contributed by atoms with Gasteiger partial charge < -0.3 is 11.1 Å². The van der Waals surface area contributed by atoms with Crippen LogP contribution in [-0.2, 0) is 5.41 Å². The molecule has 20 heavy (non-hydrogen) atoms. The third-order valence-electron chi connectivity index (χ3n) is 3.78. The zero-order valence-corrected chi connectivity index (χ0v) is 13.8. The maximum atomic E-state index is 5.91. The predicted molar refractivity (Wildman–Crippen MR) is 88.3 cm³/mol. The Kier molecular flexibility index (Phi) is 4.78. The number of nitrogen functional groups attached to an aromatic ring is 1. The van der Waals surface area contributed by atoms with E-state index >= 15 is 0 Å². The van der Waals surface area contributed by atoms with Crippen molar-refractivity contribution in [3.8, 4) is 0 Å². The van der Waals surface area contributed by atoms with Gasteiger partial charge in [0.25, 0.3) is 0 Å². The lowest BCUT2D eigenvalue weighted by Crippen LogP contribution is -2.28. The van der Waals surface area contributed by atoms with Gasteiger partial charge in [0.1, 0.15) is 17.5 Å². The molecule has 0 aliphatic heterocycles. The molecule has 0 aromatic carbocycles. The first-order valence-electron chi connectivity index (χ1n) is 7.33. The van der Waals surface area contributed by atoms with Crippen LogP contribution in [0, 0.1) is 0 Å². The van der Waals surface area contributed by atoms with Crippen LogP contribution < -0.4 is 11.1 Å². The molecule has 5 heteroatoms. The Morgan fingerprint density at radius 1 is 1.20 bits per heavy atom. The van der Waals surface area contributed by atoms with E-state index in [-0.39, 0.29) is 5.41 Å². The van der Waals surface area contributed by atoms with Crippen LogP contribution in [0.2, 0.25) is 0 Å². The summed E-state index contributed by atoms with van der Waals surface area (Å²) < 4.78 is 0. The van der Waals surface area contributed by atoms with Crippen molar-refractivity contribution < 1.29 is 0 Å². The summed E-state index contributed by atoms with van der Waals surface area (Å²) in [5, 5.41) is 4.37. The zero-order valence-electron chi connectivity index (χ0n) is 12.9. The molecular formula is C15H26N4S. The van der Waals surface area contributed by atoms with Crippen molar-refractivity contribution in [3.63, 3.8) is 0 Å². The highest BCUT2D eigenvalue weighted by Crippen LogP contribution is 2.29. The third-order valence-corrected chi connectivity index (χ3v) is 4.91. The highest BCUT2D eigenvalue weighted by atomic mass is 32.2. The van der Waals surface area contributed by atoms with Crippen LogP contribution in [0.15, 0.2) is 6.07 Å². The number of aromatic nitrogens is 2. The van der Waals surface area contributed by atoms with E-state index in [1.807, 2.05) is 17.8 Å². The smallest absolute Gasteiger partial charge is 0.138 e. The van der Waals surface area contributed by atoms with Crippen LogP contribution >= 0.6 is 11.8 Å². The molecule has 1 heterocycles. The lowest BCUT2D eigenvalue weighted by molar-refractivity contribution is 0.471. The van der Waals surface area contributed by atoms with Gasteiger partial charge in [-0.2, -0.15) is 11.8 Å². The van der Waals surface area contributed by atoms with E-state index < -0.39 is 0 Å². The Bertz CT molecular complexity index is 448. The average Bonchev–Trinajstić information content (AvgIpc) is 2.38. The molecule has 1 aliphatic rings. The van der Waals surface area contributed by atoms with Gasteiger partial charge in [-0.25, -0.2) is 9.97 Å². The van der Waals surface area contributed by atoms with Crippen LogP contribution in [0.25, 0.3) is 0 Å². The highest BCUT2D eigenvalue weighted by Gasteiger charge is 2.22. The Balaban J connectivity index is 2.05. The van der Waals surface area contributed by atoms with Gasteiger partial charge in [0, 0.05) is 22.8 Å². The fourth-order valence-corrected chi connectivity index (χ4v) is 3.27. The van der Waals surface area contributed by atoms with Crippen LogP contribution in [0.3, 0.4) is 0 Å². The number of anilines is 2. The summed E-state index contributed by atoms with van der Waals surface area (Å²) in [7, 11) is 0. The number of nitrogens with zero attached hydrogens (tertiary/aromatic N) is 2. The maximum absolute atomic E-state index is 5.91. The second-order valence-corrected chi connectivity index (χ2v) is 7.74. The van der Waals surface area contributed by atoms with Gasteiger partial charge in [0.05, 0.1) is 0 Å². The van der Waals surface area contributed by atoms with Gasteiger partial charge in [-0.3, -0.25) is 0 Å². The molecule has 0 bridgehead atoms. The van der Waals surface area contributed by atoms with Gasteiger partial charge in [-0.05, 0) is 31.9 Å².